The van der Waals surface area contributed by atoms with Gasteiger partial charge >= 0.3 is 0 Å². The number of pyridine rings is 1. The molecule has 0 saturated heterocycles. The summed E-state index contributed by atoms with van der Waals surface area (Å²) >= 11 is 0. The number of nitrogens with zero attached hydrogens (tertiary/aromatic N) is 2. The summed E-state index contributed by atoms with van der Waals surface area (Å²) in [4.78, 5) is 7.56. The fourth-order valence-corrected chi connectivity index (χ4v) is 2.82. The van der Waals surface area contributed by atoms with Crippen LogP contribution in [0.2, 0.25) is 0 Å². The second-order valence-electron chi connectivity index (χ2n) is 5.14. The van der Waals surface area contributed by atoms with E-state index in [0.717, 1.165) is 17.8 Å². The van der Waals surface area contributed by atoms with E-state index < -0.39 is 0 Å². The van der Waals surface area contributed by atoms with Gasteiger partial charge in [0.15, 0.2) is 0 Å². The second kappa shape index (κ2) is 4.23. The summed E-state index contributed by atoms with van der Waals surface area (Å²) in [6.45, 7) is 2.07. The molecule has 4 rings (SSSR count). The van der Waals surface area contributed by atoms with E-state index in [-0.39, 0.29) is 0 Å². The summed E-state index contributed by atoms with van der Waals surface area (Å²) in [5.41, 5.74) is 6.07. The van der Waals surface area contributed by atoms with E-state index in [1.807, 2.05) is 0 Å². The number of aromatic nitrogens is 3. The predicted molar refractivity (Wildman–Crippen MR) is 81.0 cm³/mol. The number of benzene rings is 1. The Labute approximate surface area is 116 Å². The van der Waals surface area contributed by atoms with Crippen LogP contribution < -0.4 is 0 Å². The second-order valence-corrected chi connectivity index (χ2v) is 5.14. The zero-order chi connectivity index (χ0) is 13.5. The van der Waals surface area contributed by atoms with Gasteiger partial charge in [-0.15, -0.1) is 0 Å². The first kappa shape index (κ1) is 11.3. The zero-order valence-corrected chi connectivity index (χ0v) is 11.3. The van der Waals surface area contributed by atoms with Crippen LogP contribution in [0.3, 0.4) is 0 Å². The minimum absolute atomic E-state index is 0.865. The molecule has 3 nitrogen and oxygen atoms in total. The molecule has 0 aliphatic heterocycles. The molecule has 3 aromatic heterocycles. The minimum Gasteiger partial charge on any atom is -0.348 e. The van der Waals surface area contributed by atoms with Crippen molar-refractivity contribution in [2.75, 3.05) is 0 Å². The molecule has 3 heteroatoms. The third-order valence-corrected chi connectivity index (χ3v) is 3.91. The minimum atomic E-state index is 0.865. The lowest BCUT2D eigenvalue weighted by atomic mass is 10.0. The molecule has 98 valence electrons. The molecule has 0 amide bonds. The Balaban J connectivity index is 1.93. The quantitative estimate of drug-likeness (QED) is 0.586. The van der Waals surface area contributed by atoms with Gasteiger partial charge in [-0.2, -0.15) is 0 Å². The van der Waals surface area contributed by atoms with E-state index in [0.29, 0.717) is 0 Å². The Bertz CT molecular complexity index is 899. The number of H-pyrrole nitrogens is 1. The van der Waals surface area contributed by atoms with Gasteiger partial charge in [0.25, 0.3) is 0 Å². The molecule has 3 heterocycles. The molecule has 0 fully saturated rings. The fraction of sp³-hybridized carbons (Fsp3) is 0.118. The zero-order valence-electron chi connectivity index (χ0n) is 11.3. The summed E-state index contributed by atoms with van der Waals surface area (Å²) in [6.07, 6.45) is 4.74. The van der Waals surface area contributed by atoms with Crippen LogP contribution in [0.1, 0.15) is 17.0 Å². The van der Waals surface area contributed by atoms with Gasteiger partial charge in [-0.25, -0.2) is 4.98 Å². The van der Waals surface area contributed by atoms with Gasteiger partial charge in [0.1, 0.15) is 0 Å². The highest BCUT2D eigenvalue weighted by Gasteiger charge is 2.09. The lowest BCUT2D eigenvalue weighted by Crippen LogP contribution is -1.92. The maximum atomic E-state index is 4.41. The van der Waals surface area contributed by atoms with Gasteiger partial charge in [-0.1, -0.05) is 18.2 Å². The first-order valence-corrected chi connectivity index (χ1v) is 6.79. The van der Waals surface area contributed by atoms with Crippen LogP contribution in [0.15, 0.2) is 55.0 Å². The van der Waals surface area contributed by atoms with Crippen molar-refractivity contribution in [3.63, 3.8) is 0 Å². The summed E-state index contributed by atoms with van der Waals surface area (Å²) in [6, 6.07) is 15.0. The molecule has 0 spiro atoms. The van der Waals surface area contributed by atoms with Gasteiger partial charge < -0.3 is 9.38 Å². The van der Waals surface area contributed by atoms with Crippen molar-refractivity contribution in [2.24, 2.45) is 0 Å². The first-order chi connectivity index (χ1) is 9.83. The van der Waals surface area contributed by atoms with Crippen molar-refractivity contribution in [1.29, 1.82) is 0 Å². The highest BCUT2D eigenvalue weighted by atomic mass is 14.9. The SMILES string of the molecule is Cc1[nH]cnc1Cc1cccc2c1cc1ccccn12. The average molecular weight is 261 g/mol. The summed E-state index contributed by atoms with van der Waals surface area (Å²) in [5, 5.41) is 1.31. The molecule has 0 atom stereocenters. The molecule has 0 aliphatic rings. The first-order valence-electron chi connectivity index (χ1n) is 6.79. The third kappa shape index (κ3) is 1.63. The predicted octanol–water partition coefficient (Wildman–Crippen LogP) is 3.71. The number of nitrogens with one attached hydrogen (secondary N) is 1. The van der Waals surface area contributed by atoms with E-state index in [1.165, 1.54) is 22.0 Å². The monoisotopic (exact) mass is 261 g/mol. The van der Waals surface area contributed by atoms with Crippen LogP contribution in [0.5, 0.6) is 0 Å². The molecule has 0 saturated carbocycles. The highest BCUT2D eigenvalue weighted by molar-refractivity contribution is 5.90. The van der Waals surface area contributed by atoms with Crippen LogP contribution in [-0.2, 0) is 6.42 Å². The summed E-state index contributed by atoms with van der Waals surface area (Å²) in [5.74, 6) is 0. The van der Waals surface area contributed by atoms with Crippen LogP contribution in [0.25, 0.3) is 16.4 Å². The van der Waals surface area contributed by atoms with E-state index in [9.17, 15) is 0 Å². The van der Waals surface area contributed by atoms with Crippen LogP contribution in [-0.4, -0.2) is 14.4 Å². The van der Waals surface area contributed by atoms with Crippen molar-refractivity contribution >= 4 is 16.4 Å². The average Bonchev–Trinajstić information content (AvgIpc) is 3.04. The smallest absolute Gasteiger partial charge is 0.0925 e. The normalized spacial score (nSPS) is 11.4. The Kier molecular flexibility index (Phi) is 2.39. The number of hydrogen-bond acceptors (Lipinski definition) is 1. The van der Waals surface area contributed by atoms with Crippen molar-refractivity contribution in [3.05, 3.63) is 71.9 Å². The standard InChI is InChI=1S/C17H15N3/c1-12-16(19-11-18-12)9-13-5-4-7-17-15(13)10-14-6-2-3-8-20(14)17/h2-8,10-11H,9H2,1H3,(H,18,19). The van der Waals surface area contributed by atoms with Crippen LogP contribution in [0, 0.1) is 6.92 Å². The molecule has 0 bridgehead atoms. The third-order valence-electron chi connectivity index (χ3n) is 3.91. The molecule has 0 unspecified atom stereocenters. The van der Waals surface area contributed by atoms with Crippen LogP contribution in [0.4, 0.5) is 0 Å². The van der Waals surface area contributed by atoms with Gasteiger partial charge in [-0.05, 0) is 36.8 Å². The molecule has 1 N–H and O–H groups in total. The maximum absolute atomic E-state index is 4.41. The van der Waals surface area contributed by atoms with Gasteiger partial charge in [0.05, 0.1) is 17.5 Å². The molecule has 0 aliphatic carbocycles. The van der Waals surface area contributed by atoms with Crippen molar-refractivity contribution in [3.8, 4) is 0 Å². The molecule has 4 aromatic rings. The lowest BCUT2D eigenvalue weighted by molar-refractivity contribution is 1.09. The Morgan fingerprint density at radius 2 is 2.10 bits per heavy atom. The summed E-state index contributed by atoms with van der Waals surface area (Å²) < 4.78 is 2.23. The Hall–Kier alpha value is -2.55. The summed E-state index contributed by atoms with van der Waals surface area (Å²) in [7, 11) is 0. The van der Waals surface area contributed by atoms with E-state index in [4.69, 9.17) is 0 Å². The lowest BCUT2D eigenvalue weighted by Gasteiger charge is -2.03. The molecular weight excluding hydrogens is 246 g/mol. The maximum Gasteiger partial charge on any atom is 0.0925 e. The Morgan fingerprint density at radius 3 is 2.95 bits per heavy atom. The number of aryl methyl sites for hydroxylation is 1. The molecular formula is C17H15N3. The van der Waals surface area contributed by atoms with Gasteiger partial charge in [0.2, 0.25) is 0 Å². The number of imidazole rings is 1. The van der Waals surface area contributed by atoms with Crippen molar-refractivity contribution < 1.29 is 0 Å². The number of fused-ring (bicyclic) bond motifs is 3. The number of aromatic amines is 1. The topological polar surface area (TPSA) is 33.1 Å². The number of rotatable bonds is 2. The van der Waals surface area contributed by atoms with E-state index >= 15 is 0 Å². The van der Waals surface area contributed by atoms with E-state index in [1.54, 1.807) is 6.33 Å². The fourth-order valence-electron chi connectivity index (χ4n) is 2.82. The molecule has 0 radical (unpaired) electrons. The van der Waals surface area contributed by atoms with E-state index in [2.05, 4.69) is 70.0 Å². The van der Waals surface area contributed by atoms with Gasteiger partial charge in [0, 0.05) is 29.2 Å². The largest absolute Gasteiger partial charge is 0.348 e. The van der Waals surface area contributed by atoms with Crippen LogP contribution >= 0.6 is 0 Å². The van der Waals surface area contributed by atoms with Gasteiger partial charge in [-0.3, -0.25) is 0 Å². The molecule has 20 heavy (non-hydrogen) atoms. The van der Waals surface area contributed by atoms with Crippen molar-refractivity contribution in [1.82, 2.24) is 14.4 Å². The Morgan fingerprint density at radius 1 is 1.15 bits per heavy atom. The van der Waals surface area contributed by atoms with Crippen molar-refractivity contribution in [2.45, 2.75) is 13.3 Å². The number of hydrogen-bond donors (Lipinski definition) is 1. The molecule has 1 aromatic carbocycles. The highest BCUT2D eigenvalue weighted by Crippen LogP contribution is 2.25.